The molecule has 1 N–H and O–H groups in total. The van der Waals surface area contributed by atoms with E-state index in [9.17, 15) is 8.42 Å². The van der Waals surface area contributed by atoms with Crippen LogP contribution < -0.4 is 4.72 Å². The summed E-state index contributed by atoms with van der Waals surface area (Å²) < 4.78 is 27.7. The zero-order valence-corrected chi connectivity index (χ0v) is 13.7. The van der Waals surface area contributed by atoms with Gasteiger partial charge in [-0.15, -0.1) is 23.2 Å². The predicted molar refractivity (Wildman–Crippen MR) is 78.9 cm³/mol. The smallest absolute Gasteiger partial charge is 0.207 e. The normalized spacial score (nSPS) is 12.7. The molecule has 0 aliphatic carbocycles. The van der Waals surface area contributed by atoms with Crippen molar-refractivity contribution in [3.8, 4) is 0 Å². The number of nitrogens with one attached hydrogen (secondary N) is 1. The molecule has 0 heterocycles. The van der Waals surface area contributed by atoms with E-state index in [1.807, 2.05) is 6.92 Å². The summed E-state index contributed by atoms with van der Waals surface area (Å²) in [7, 11) is -3.65. The monoisotopic (exact) mass is 373 g/mol. The van der Waals surface area contributed by atoms with Gasteiger partial charge in [-0.1, -0.05) is 19.1 Å². The molecule has 0 saturated heterocycles. The molecule has 102 valence electrons. The Hall–Kier alpha value is 0.190. The molecule has 0 amide bonds. The Morgan fingerprint density at radius 2 is 1.83 bits per heavy atom. The molecular weight excluding hydrogens is 361 g/mol. The van der Waals surface area contributed by atoms with Gasteiger partial charge in [0.15, 0.2) is 0 Å². The highest BCUT2D eigenvalue weighted by Gasteiger charge is 2.33. The van der Waals surface area contributed by atoms with E-state index >= 15 is 0 Å². The average Bonchev–Trinajstić information content (AvgIpc) is 2.36. The van der Waals surface area contributed by atoms with Crippen molar-refractivity contribution >= 4 is 49.2 Å². The number of halogens is 3. The van der Waals surface area contributed by atoms with Crippen molar-refractivity contribution in [3.05, 3.63) is 28.7 Å². The lowest BCUT2D eigenvalue weighted by Crippen LogP contribution is -2.51. The molecule has 0 bridgehead atoms. The molecule has 0 spiro atoms. The first kappa shape index (κ1) is 16.2. The zero-order valence-electron chi connectivity index (χ0n) is 9.79. The first-order valence-corrected chi connectivity index (χ1v) is 8.66. The Labute approximate surface area is 126 Å². The van der Waals surface area contributed by atoms with Crippen LogP contribution in [0.5, 0.6) is 0 Å². The van der Waals surface area contributed by atoms with Gasteiger partial charge in [0.1, 0.15) is 0 Å². The molecule has 1 aromatic carbocycles. The van der Waals surface area contributed by atoms with Gasteiger partial charge in [-0.25, -0.2) is 13.1 Å². The van der Waals surface area contributed by atoms with E-state index < -0.39 is 15.6 Å². The van der Waals surface area contributed by atoms with Crippen LogP contribution in [0.15, 0.2) is 33.6 Å². The lowest BCUT2D eigenvalue weighted by Gasteiger charge is -2.29. The van der Waals surface area contributed by atoms with E-state index in [1.54, 1.807) is 18.2 Å². The standard InChI is InChI=1S/C11H14BrCl2NO2S/c1-2-11(7-13,8-14)15-18(16,17)10-6-4-3-5-9(10)12/h3-6,15H,2,7-8H2,1H3. The second kappa shape index (κ2) is 6.57. The summed E-state index contributed by atoms with van der Waals surface area (Å²) >= 11 is 14.9. The van der Waals surface area contributed by atoms with Crippen molar-refractivity contribution < 1.29 is 8.42 Å². The molecule has 1 aromatic rings. The minimum atomic E-state index is -3.65. The summed E-state index contributed by atoms with van der Waals surface area (Å²) in [6.07, 6.45) is 0.518. The molecule has 0 aliphatic heterocycles. The van der Waals surface area contributed by atoms with Crippen LogP contribution in [0.2, 0.25) is 0 Å². The maximum absolute atomic E-state index is 12.3. The average molecular weight is 375 g/mol. The Balaban J connectivity index is 3.13. The van der Waals surface area contributed by atoms with E-state index in [1.165, 1.54) is 6.07 Å². The molecule has 0 radical (unpaired) electrons. The molecule has 3 nitrogen and oxygen atoms in total. The first-order chi connectivity index (χ1) is 8.40. The lowest BCUT2D eigenvalue weighted by atomic mass is 10.0. The predicted octanol–water partition coefficient (Wildman–Crippen LogP) is 3.35. The van der Waals surface area contributed by atoms with Gasteiger partial charge in [-0.3, -0.25) is 0 Å². The number of rotatable bonds is 6. The van der Waals surface area contributed by atoms with Crippen molar-refractivity contribution in [2.45, 2.75) is 23.8 Å². The molecule has 7 heteroatoms. The summed E-state index contributed by atoms with van der Waals surface area (Å²) in [6, 6.07) is 6.60. The molecule has 18 heavy (non-hydrogen) atoms. The lowest BCUT2D eigenvalue weighted by molar-refractivity contribution is 0.449. The van der Waals surface area contributed by atoms with Crippen molar-refractivity contribution in [3.63, 3.8) is 0 Å². The number of hydrogen-bond acceptors (Lipinski definition) is 2. The summed E-state index contributed by atoms with van der Waals surface area (Å²) in [6.45, 7) is 1.84. The number of benzene rings is 1. The molecule has 0 aliphatic rings. The van der Waals surface area contributed by atoms with Gasteiger partial charge in [-0.2, -0.15) is 0 Å². The number of alkyl halides is 2. The van der Waals surface area contributed by atoms with Gasteiger partial charge in [0.2, 0.25) is 10.0 Å². The van der Waals surface area contributed by atoms with Crippen LogP contribution in [0, 0.1) is 0 Å². The summed E-state index contributed by atoms with van der Waals surface area (Å²) in [4.78, 5) is 0.179. The maximum Gasteiger partial charge on any atom is 0.242 e. The van der Waals surface area contributed by atoms with Gasteiger partial charge in [0.05, 0.1) is 10.4 Å². The second-order valence-corrected chi connectivity index (χ2v) is 6.98. The Bertz CT molecular complexity index is 495. The SMILES string of the molecule is CCC(CCl)(CCl)NS(=O)(=O)c1ccccc1Br. The van der Waals surface area contributed by atoms with Crippen molar-refractivity contribution in [1.82, 2.24) is 4.72 Å². The van der Waals surface area contributed by atoms with Crippen LogP contribution >= 0.6 is 39.1 Å². The van der Waals surface area contributed by atoms with Crippen LogP contribution in [-0.2, 0) is 10.0 Å². The Morgan fingerprint density at radius 1 is 1.28 bits per heavy atom. The fraction of sp³-hybridized carbons (Fsp3) is 0.455. The summed E-state index contributed by atoms with van der Waals surface area (Å²) in [5.74, 6) is 0.243. The van der Waals surface area contributed by atoms with E-state index in [0.717, 1.165) is 0 Å². The van der Waals surface area contributed by atoms with Gasteiger partial charge >= 0.3 is 0 Å². The van der Waals surface area contributed by atoms with Crippen LogP contribution in [0.4, 0.5) is 0 Å². The van der Waals surface area contributed by atoms with Crippen LogP contribution in [0.25, 0.3) is 0 Å². The third kappa shape index (κ3) is 3.61. The fourth-order valence-electron chi connectivity index (χ4n) is 1.35. The molecule has 0 aromatic heterocycles. The van der Waals surface area contributed by atoms with Crippen LogP contribution in [-0.4, -0.2) is 25.7 Å². The highest BCUT2D eigenvalue weighted by molar-refractivity contribution is 9.10. The highest BCUT2D eigenvalue weighted by atomic mass is 79.9. The fourth-order valence-corrected chi connectivity index (χ4v) is 4.79. The number of sulfonamides is 1. The topological polar surface area (TPSA) is 46.2 Å². The Kier molecular flexibility index (Phi) is 5.93. The molecule has 0 saturated carbocycles. The molecule has 0 unspecified atom stereocenters. The highest BCUT2D eigenvalue weighted by Crippen LogP contribution is 2.24. The Morgan fingerprint density at radius 3 is 2.28 bits per heavy atom. The van der Waals surface area contributed by atoms with Gasteiger partial charge < -0.3 is 0 Å². The minimum Gasteiger partial charge on any atom is -0.207 e. The van der Waals surface area contributed by atoms with Gasteiger partial charge in [-0.05, 0) is 34.5 Å². The van der Waals surface area contributed by atoms with Crippen LogP contribution in [0.1, 0.15) is 13.3 Å². The second-order valence-electron chi connectivity index (χ2n) is 3.94. The molecule has 0 atom stereocenters. The van der Waals surface area contributed by atoms with Crippen LogP contribution in [0.3, 0.4) is 0 Å². The van der Waals surface area contributed by atoms with E-state index in [0.29, 0.717) is 10.9 Å². The first-order valence-electron chi connectivity index (χ1n) is 5.31. The summed E-state index contributed by atoms with van der Waals surface area (Å²) in [5.41, 5.74) is -0.822. The van der Waals surface area contributed by atoms with E-state index in [-0.39, 0.29) is 16.7 Å². The zero-order chi connectivity index (χ0) is 13.8. The van der Waals surface area contributed by atoms with E-state index in [4.69, 9.17) is 23.2 Å². The minimum absolute atomic E-state index is 0.122. The summed E-state index contributed by atoms with van der Waals surface area (Å²) in [5, 5.41) is 0. The maximum atomic E-state index is 12.3. The van der Waals surface area contributed by atoms with Crippen molar-refractivity contribution in [2.75, 3.05) is 11.8 Å². The molecule has 0 fully saturated rings. The number of hydrogen-bond donors (Lipinski definition) is 1. The third-order valence-corrected chi connectivity index (χ3v) is 6.28. The van der Waals surface area contributed by atoms with E-state index in [2.05, 4.69) is 20.7 Å². The third-order valence-electron chi connectivity index (χ3n) is 2.67. The molecular formula is C11H14BrCl2NO2S. The quantitative estimate of drug-likeness (QED) is 0.776. The van der Waals surface area contributed by atoms with Gasteiger partial charge in [0.25, 0.3) is 0 Å². The van der Waals surface area contributed by atoms with Crippen molar-refractivity contribution in [1.29, 1.82) is 0 Å². The largest absolute Gasteiger partial charge is 0.242 e. The van der Waals surface area contributed by atoms with Crippen molar-refractivity contribution in [2.24, 2.45) is 0 Å². The van der Waals surface area contributed by atoms with Gasteiger partial charge in [0, 0.05) is 16.2 Å². The molecule has 1 rings (SSSR count).